The number of halogens is 1. The average molecular weight is 500 g/mol. The Morgan fingerprint density at radius 2 is 1.62 bits per heavy atom. The Morgan fingerprint density at radius 3 is 2.19 bits per heavy atom. The van der Waals surface area contributed by atoms with Crippen molar-refractivity contribution in [3.63, 3.8) is 0 Å². The van der Waals surface area contributed by atoms with Gasteiger partial charge in [0.1, 0.15) is 5.78 Å². The zero-order valence-corrected chi connectivity index (χ0v) is 18.6. The number of Topliss-reactive ketones (excluding diaryl/α,β-unsaturated/α-hetero) is 1. The highest BCUT2D eigenvalue weighted by Crippen LogP contribution is 2.20. The summed E-state index contributed by atoms with van der Waals surface area (Å²) in [5.74, 6) is 0.231. The summed E-state index contributed by atoms with van der Waals surface area (Å²) in [6, 6.07) is 0. The van der Waals surface area contributed by atoms with Gasteiger partial charge in [0.05, 0.1) is 65.9 Å². The van der Waals surface area contributed by atoms with Crippen molar-refractivity contribution in [2.24, 2.45) is 5.92 Å². The number of hydrogen-bond acceptors (Lipinski definition) is 6. The van der Waals surface area contributed by atoms with Gasteiger partial charge in [-0.1, -0.05) is 18.2 Å². The number of ether oxygens (including phenoxy) is 4. The molecule has 0 radical (unpaired) electrons. The number of carbonyl (C=O) groups is 1. The van der Waals surface area contributed by atoms with E-state index in [0.29, 0.717) is 65.9 Å². The SMILES string of the molecule is CC(=O)C1C=C(COCCOCCOCCOCCOPI)C=CCC1. The van der Waals surface area contributed by atoms with E-state index in [0.717, 1.165) is 18.4 Å². The lowest BCUT2D eigenvalue weighted by Crippen LogP contribution is -2.13. The third-order valence-electron chi connectivity index (χ3n) is 3.68. The summed E-state index contributed by atoms with van der Waals surface area (Å²) < 4.78 is 27.0. The third-order valence-corrected chi connectivity index (χ3v) is 4.93. The van der Waals surface area contributed by atoms with Crippen LogP contribution in [0, 0.1) is 5.92 Å². The lowest BCUT2D eigenvalue weighted by Gasteiger charge is -2.09. The van der Waals surface area contributed by atoms with Gasteiger partial charge in [0.2, 0.25) is 0 Å². The number of hydrogen-bond donors (Lipinski definition) is 0. The summed E-state index contributed by atoms with van der Waals surface area (Å²) in [6.45, 7) is 7.14. The first-order valence-corrected chi connectivity index (χ1v) is 12.9. The normalized spacial score (nSPS) is 17.6. The first-order chi connectivity index (χ1) is 12.7. The zero-order chi connectivity index (χ0) is 18.9. The van der Waals surface area contributed by atoms with E-state index in [4.69, 9.17) is 23.5 Å². The molecule has 26 heavy (non-hydrogen) atoms. The van der Waals surface area contributed by atoms with Gasteiger partial charge in [0, 0.05) is 5.92 Å². The summed E-state index contributed by atoms with van der Waals surface area (Å²) in [7, 11) is 0. The van der Waals surface area contributed by atoms with E-state index in [1.165, 1.54) is 0 Å². The van der Waals surface area contributed by atoms with Crippen LogP contribution in [0.1, 0.15) is 19.8 Å². The molecule has 0 fully saturated rings. The maximum atomic E-state index is 11.5. The van der Waals surface area contributed by atoms with Gasteiger partial charge in [-0.15, -0.1) is 0 Å². The van der Waals surface area contributed by atoms with Crippen LogP contribution in [0.4, 0.5) is 0 Å². The molecule has 0 aromatic heterocycles. The molecule has 0 heterocycles. The maximum absolute atomic E-state index is 11.5. The van der Waals surface area contributed by atoms with E-state index in [1.807, 2.05) is 12.2 Å². The molecular weight excluding hydrogens is 470 g/mol. The molecule has 0 aromatic carbocycles. The van der Waals surface area contributed by atoms with Crippen LogP contribution in [0.2, 0.25) is 0 Å². The molecule has 1 aliphatic carbocycles. The molecule has 0 saturated carbocycles. The van der Waals surface area contributed by atoms with Crippen LogP contribution >= 0.6 is 28.5 Å². The smallest absolute Gasteiger partial charge is 0.136 e. The van der Waals surface area contributed by atoms with Gasteiger partial charge < -0.3 is 23.5 Å². The Bertz CT molecular complexity index is 430. The second kappa shape index (κ2) is 17.2. The number of rotatable bonds is 16. The van der Waals surface area contributed by atoms with Crippen molar-refractivity contribution in [2.45, 2.75) is 19.8 Å². The second-order valence-electron chi connectivity index (χ2n) is 5.75. The standard InChI is InChI=1S/C18H30IO6P/c1-16(20)18-5-3-2-4-17(14-18)15-24-11-10-22-7-6-21-8-9-23-12-13-25-26-19/h2,4,14,18,26H,3,5-13,15H2,1H3. The summed E-state index contributed by atoms with van der Waals surface area (Å²) in [4.78, 5) is 11.5. The molecule has 0 N–H and O–H groups in total. The predicted octanol–water partition coefficient (Wildman–Crippen LogP) is 3.49. The molecule has 0 spiro atoms. The van der Waals surface area contributed by atoms with Crippen molar-refractivity contribution in [3.8, 4) is 0 Å². The van der Waals surface area contributed by atoms with E-state index < -0.39 is 0 Å². The summed E-state index contributed by atoms with van der Waals surface area (Å²) in [5, 5.41) is 0. The minimum atomic E-state index is 0.0140. The van der Waals surface area contributed by atoms with Gasteiger partial charge in [-0.25, -0.2) is 0 Å². The van der Waals surface area contributed by atoms with E-state index >= 15 is 0 Å². The molecule has 2 unspecified atom stereocenters. The zero-order valence-electron chi connectivity index (χ0n) is 15.4. The topological polar surface area (TPSA) is 63.2 Å². The van der Waals surface area contributed by atoms with Gasteiger partial charge >= 0.3 is 0 Å². The number of allylic oxidation sites excluding steroid dienone is 2. The lowest BCUT2D eigenvalue weighted by atomic mass is 9.99. The maximum Gasteiger partial charge on any atom is 0.136 e. The first-order valence-electron chi connectivity index (χ1n) is 8.90. The fourth-order valence-corrected chi connectivity index (χ4v) is 3.13. The van der Waals surface area contributed by atoms with Crippen molar-refractivity contribution < 1.29 is 28.3 Å². The average Bonchev–Trinajstić information content (AvgIpc) is 2.88. The van der Waals surface area contributed by atoms with Crippen LogP contribution < -0.4 is 0 Å². The molecule has 2 atom stereocenters. The van der Waals surface area contributed by atoms with Crippen LogP contribution in [-0.2, 0) is 28.3 Å². The molecule has 0 amide bonds. The van der Waals surface area contributed by atoms with Gasteiger partial charge in [-0.05, 0) is 47.4 Å². The van der Waals surface area contributed by atoms with Crippen LogP contribution in [0.25, 0.3) is 0 Å². The van der Waals surface area contributed by atoms with Crippen molar-refractivity contribution in [3.05, 3.63) is 23.8 Å². The van der Waals surface area contributed by atoms with E-state index in [9.17, 15) is 4.79 Å². The highest BCUT2D eigenvalue weighted by atomic mass is 127. The van der Waals surface area contributed by atoms with Gasteiger partial charge in [-0.2, -0.15) is 0 Å². The largest absolute Gasteiger partial charge is 0.377 e. The van der Waals surface area contributed by atoms with Crippen LogP contribution in [0.15, 0.2) is 23.8 Å². The first kappa shape index (κ1) is 24.1. The number of carbonyl (C=O) groups excluding carboxylic acids is 1. The Labute approximate surface area is 171 Å². The highest BCUT2D eigenvalue weighted by Gasteiger charge is 2.13. The van der Waals surface area contributed by atoms with Crippen molar-refractivity contribution in [1.29, 1.82) is 0 Å². The van der Waals surface area contributed by atoms with Gasteiger partial charge in [-0.3, -0.25) is 4.79 Å². The van der Waals surface area contributed by atoms with Crippen molar-refractivity contribution >= 4 is 34.3 Å². The lowest BCUT2D eigenvalue weighted by molar-refractivity contribution is -0.119. The van der Waals surface area contributed by atoms with Gasteiger partial charge in [0.15, 0.2) is 0 Å². The summed E-state index contributed by atoms with van der Waals surface area (Å²) >= 11 is 2.18. The second-order valence-corrected chi connectivity index (χ2v) is 7.52. The third kappa shape index (κ3) is 13.3. The van der Waals surface area contributed by atoms with Crippen LogP contribution in [0.3, 0.4) is 0 Å². The molecular formula is C18H30IO6P. The summed E-state index contributed by atoms with van der Waals surface area (Å²) in [5.41, 5.74) is 1.07. The Kier molecular flexibility index (Phi) is 16.0. The van der Waals surface area contributed by atoms with Crippen LogP contribution in [0.5, 0.6) is 0 Å². The molecule has 6 nitrogen and oxygen atoms in total. The van der Waals surface area contributed by atoms with E-state index in [2.05, 4.69) is 28.1 Å². The predicted molar refractivity (Wildman–Crippen MR) is 112 cm³/mol. The molecule has 1 rings (SSSR count). The number of ketones is 1. The molecule has 0 aliphatic heterocycles. The van der Waals surface area contributed by atoms with Gasteiger partial charge in [0.25, 0.3) is 0 Å². The fourth-order valence-electron chi connectivity index (χ4n) is 2.31. The minimum Gasteiger partial charge on any atom is -0.377 e. The van der Waals surface area contributed by atoms with Crippen LogP contribution in [-0.4, -0.2) is 65.2 Å². The monoisotopic (exact) mass is 500 g/mol. The Balaban J connectivity index is 1.91. The molecule has 0 saturated heterocycles. The van der Waals surface area contributed by atoms with Crippen molar-refractivity contribution in [1.82, 2.24) is 0 Å². The van der Waals surface area contributed by atoms with E-state index in [1.54, 1.807) is 6.92 Å². The van der Waals surface area contributed by atoms with E-state index in [-0.39, 0.29) is 11.7 Å². The minimum absolute atomic E-state index is 0.0140. The Hall–Kier alpha value is 0.110. The summed E-state index contributed by atoms with van der Waals surface area (Å²) in [6.07, 6.45) is 8.00. The molecule has 8 heteroatoms. The quantitative estimate of drug-likeness (QED) is 0.184. The fraction of sp³-hybridized carbons (Fsp3) is 0.722. The molecule has 0 aromatic rings. The molecule has 0 bridgehead atoms. The molecule has 1 aliphatic rings. The molecule has 150 valence electrons. The highest BCUT2D eigenvalue weighted by molar-refractivity contribution is 14.2. The Morgan fingerprint density at radius 1 is 1.04 bits per heavy atom. The van der Waals surface area contributed by atoms with Crippen molar-refractivity contribution in [2.75, 3.05) is 59.5 Å².